The molecule has 1 aliphatic rings. The molecule has 0 saturated heterocycles. The Morgan fingerprint density at radius 3 is 2.59 bits per heavy atom. The van der Waals surface area contributed by atoms with E-state index in [1.54, 1.807) is 0 Å². The van der Waals surface area contributed by atoms with Crippen molar-refractivity contribution in [3.05, 3.63) is 35.4 Å². The molecule has 1 unspecified atom stereocenters. The topological polar surface area (TPSA) is 46.2 Å². The van der Waals surface area contributed by atoms with Crippen LogP contribution in [0.3, 0.4) is 0 Å². The first kappa shape index (κ1) is 12.6. The van der Waals surface area contributed by atoms with E-state index >= 15 is 0 Å². The summed E-state index contributed by atoms with van der Waals surface area (Å²) < 4.78 is 0. The summed E-state index contributed by atoms with van der Waals surface area (Å²) >= 11 is 0. The normalized spacial score (nSPS) is 19.0. The van der Waals surface area contributed by atoms with E-state index in [-0.39, 0.29) is 12.0 Å². The third kappa shape index (κ3) is 3.08. The van der Waals surface area contributed by atoms with Crippen molar-refractivity contribution in [3.8, 4) is 0 Å². The third-order valence-electron chi connectivity index (χ3n) is 4.01. The van der Waals surface area contributed by atoms with Crippen LogP contribution >= 0.6 is 0 Å². The monoisotopic (exact) mass is 233 g/mol. The number of hydrogen-bond acceptors (Lipinski definition) is 2. The van der Waals surface area contributed by atoms with Gasteiger partial charge >= 0.3 is 0 Å². The van der Waals surface area contributed by atoms with Gasteiger partial charge in [-0.15, -0.1) is 0 Å². The Morgan fingerprint density at radius 1 is 1.35 bits per heavy atom. The zero-order valence-electron chi connectivity index (χ0n) is 10.7. The second kappa shape index (κ2) is 5.19. The van der Waals surface area contributed by atoms with Gasteiger partial charge in [0.05, 0.1) is 6.61 Å². The maximum absolute atomic E-state index is 9.73. The SMILES string of the molecule is Cc1ccccc1CC(CN)(CO)CC1CC1. The molecular formula is C15H23NO. The number of benzene rings is 1. The first-order valence-corrected chi connectivity index (χ1v) is 6.54. The number of nitrogens with two attached hydrogens (primary N) is 1. The van der Waals surface area contributed by atoms with Gasteiger partial charge in [-0.25, -0.2) is 0 Å². The van der Waals surface area contributed by atoms with Gasteiger partial charge in [0.2, 0.25) is 0 Å². The molecule has 2 rings (SSSR count). The lowest BCUT2D eigenvalue weighted by molar-refractivity contribution is 0.115. The molecule has 1 fully saturated rings. The van der Waals surface area contributed by atoms with Crippen LogP contribution in [0.5, 0.6) is 0 Å². The summed E-state index contributed by atoms with van der Waals surface area (Å²) in [5, 5.41) is 9.73. The van der Waals surface area contributed by atoms with Crippen LogP contribution < -0.4 is 5.73 Å². The zero-order valence-corrected chi connectivity index (χ0v) is 10.7. The molecule has 0 heterocycles. The van der Waals surface area contributed by atoms with Crippen molar-refractivity contribution in [1.29, 1.82) is 0 Å². The van der Waals surface area contributed by atoms with Crippen LogP contribution in [0.4, 0.5) is 0 Å². The maximum atomic E-state index is 9.73. The Labute approximate surface area is 104 Å². The van der Waals surface area contributed by atoms with E-state index in [0.29, 0.717) is 6.54 Å². The third-order valence-corrected chi connectivity index (χ3v) is 4.01. The lowest BCUT2D eigenvalue weighted by atomic mass is 9.77. The van der Waals surface area contributed by atoms with E-state index in [9.17, 15) is 5.11 Å². The summed E-state index contributed by atoms with van der Waals surface area (Å²) in [7, 11) is 0. The van der Waals surface area contributed by atoms with Crippen LogP contribution in [0.1, 0.15) is 30.4 Å². The van der Waals surface area contributed by atoms with Crippen molar-refractivity contribution >= 4 is 0 Å². The highest BCUT2D eigenvalue weighted by molar-refractivity contribution is 5.27. The molecule has 0 aliphatic heterocycles. The Hall–Kier alpha value is -0.860. The van der Waals surface area contributed by atoms with Gasteiger partial charge < -0.3 is 10.8 Å². The molecule has 3 N–H and O–H groups in total. The minimum absolute atomic E-state index is 0.104. The predicted octanol–water partition coefficient (Wildman–Crippen LogP) is 2.28. The average molecular weight is 233 g/mol. The minimum atomic E-state index is -0.104. The van der Waals surface area contributed by atoms with Gasteiger partial charge in [-0.1, -0.05) is 37.1 Å². The van der Waals surface area contributed by atoms with E-state index in [1.165, 1.54) is 24.0 Å². The highest BCUT2D eigenvalue weighted by Crippen LogP contribution is 2.41. The Balaban J connectivity index is 2.13. The second-order valence-corrected chi connectivity index (χ2v) is 5.61. The molecule has 2 nitrogen and oxygen atoms in total. The number of rotatable bonds is 6. The molecule has 17 heavy (non-hydrogen) atoms. The minimum Gasteiger partial charge on any atom is -0.396 e. The van der Waals surface area contributed by atoms with Crippen LogP contribution in [0.2, 0.25) is 0 Å². The van der Waals surface area contributed by atoms with Crippen LogP contribution in [0, 0.1) is 18.3 Å². The van der Waals surface area contributed by atoms with Gasteiger partial charge in [0.1, 0.15) is 0 Å². The van der Waals surface area contributed by atoms with Gasteiger partial charge in [0.25, 0.3) is 0 Å². The van der Waals surface area contributed by atoms with E-state index in [1.807, 2.05) is 0 Å². The van der Waals surface area contributed by atoms with Gasteiger partial charge in [0, 0.05) is 12.0 Å². The van der Waals surface area contributed by atoms with Crippen molar-refractivity contribution in [2.45, 2.75) is 32.6 Å². The first-order valence-electron chi connectivity index (χ1n) is 6.54. The van der Waals surface area contributed by atoms with Crippen LogP contribution in [0.15, 0.2) is 24.3 Å². The largest absolute Gasteiger partial charge is 0.396 e. The van der Waals surface area contributed by atoms with E-state index in [2.05, 4.69) is 31.2 Å². The van der Waals surface area contributed by atoms with Gasteiger partial charge in [-0.2, -0.15) is 0 Å². The number of hydrogen-bond donors (Lipinski definition) is 2. The molecule has 1 atom stereocenters. The van der Waals surface area contributed by atoms with Crippen LogP contribution in [-0.4, -0.2) is 18.3 Å². The molecule has 0 bridgehead atoms. The summed E-state index contributed by atoms with van der Waals surface area (Å²) in [6.07, 6.45) is 4.61. The molecular weight excluding hydrogens is 210 g/mol. The van der Waals surface area contributed by atoms with Gasteiger partial charge in [0.15, 0.2) is 0 Å². The van der Waals surface area contributed by atoms with Crippen molar-refractivity contribution in [2.75, 3.05) is 13.2 Å². The van der Waals surface area contributed by atoms with Crippen LogP contribution in [0.25, 0.3) is 0 Å². The number of aryl methyl sites for hydroxylation is 1. The van der Waals surface area contributed by atoms with Crippen molar-refractivity contribution in [2.24, 2.45) is 17.1 Å². The van der Waals surface area contributed by atoms with Crippen molar-refractivity contribution < 1.29 is 5.11 Å². The smallest absolute Gasteiger partial charge is 0.0502 e. The fourth-order valence-electron chi connectivity index (χ4n) is 2.56. The Kier molecular flexibility index (Phi) is 3.85. The van der Waals surface area contributed by atoms with E-state index < -0.39 is 0 Å². The molecule has 1 aromatic carbocycles. The standard InChI is InChI=1S/C15H23NO/c1-12-4-2-3-5-14(12)9-15(10-16,11-17)8-13-6-7-13/h2-5,13,17H,6-11,16H2,1H3. The van der Waals surface area contributed by atoms with E-state index in [0.717, 1.165) is 18.8 Å². The zero-order chi connectivity index (χ0) is 12.3. The van der Waals surface area contributed by atoms with Crippen molar-refractivity contribution in [3.63, 3.8) is 0 Å². The van der Waals surface area contributed by atoms with Crippen LogP contribution in [-0.2, 0) is 6.42 Å². The first-order chi connectivity index (χ1) is 8.19. The maximum Gasteiger partial charge on any atom is 0.0502 e. The average Bonchev–Trinajstić information content (AvgIpc) is 3.15. The molecule has 1 aliphatic carbocycles. The molecule has 0 amide bonds. The summed E-state index contributed by atoms with van der Waals surface area (Å²) in [5.74, 6) is 0.801. The quantitative estimate of drug-likeness (QED) is 0.792. The molecule has 0 aromatic heterocycles. The fourth-order valence-corrected chi connectivity index (χ4v) is 2.56. The Bertz CT molecular complexity index is 367. The van der Waals surface area contributed by atoms with Gasteiger partial charge in [-0.3, -0.25) is 0 Å². The lowest BCUT2D eigenvalue weighted by Crippen LogP contribution is -2.37. The molecule has 1 aromatic rings. The Morgan fingerprint density at radius 2 is 2.06 bits per heavy atom. The molecule has 94 valence electrons. The molecule has 0 radical (unpaired) electrons. The number of aliphatic hydroxyl groups is 1. The van der Waals surface area contributed by atoms with Gasteiger partial charge in [-0.05, 0) is 36.8 Å². The summed E-state index contributed by atoms with van der Waals surface area (Å²) in [6.45, 7) is 2.91. The summed E-state index contributed by atoms with van der Waals surface area (Å²) in [5.41, 5.74) is 8.46. The number of aliphatic hydroxyl groups excluding tert-OH is 1. The lowest BCUT2D eigenvalue weighted by Gasteiger charge is -2.31. The second-order valence-electron chi connectivity index (χ2n) is 5.61. The molecule has 2 heteroatoms. The molecule has 1 saturated carbocycles. The highest BCUT2D eigenvalue weighted by atomic mass is 16.3. The molecule has 0 spiro atoms. The summed E-state index contributed by atoms with van der Waals surface area (Å²) in [4.78, 5) is 0. The highest BCUT2D eigenvalue weighted by Gasteiger charge is 2.35. The van der Waals surface area contributed by atoms with Crippen molar-refractivity contribution in [1.82, 2.24) is 0 Å². The summed E-state index contributed by atoms with van der Waals surface area (Å²) in [6, 6.07) is 8.41. The predicted molar refractivity (Wildman–Crippen MR) is 70.8 cm³/mol. The van der Waals surface area contributed by atoms with E-state index in [4.69, 9.17) is 5.73 Å². The fraction of sp³-hybridized carbons (Fsp3) is 0.600.